The van der Waals surface area contributed by atoms with Crippen molar-refractivity contribution in [1.82, 2.24) is 10.6 Å². The molecule has 0 spiro atoms. The standard InChI is InChI=1S/C18H34N4O6S2/c1-9(2)13(19)15(23)21-11(17(25)27-5)7-29-30-8-12(18(26)28-6)22-16(24)14(20)10(3)4/h9-14H,7-8,19-20H2,1-6H3,(H,21,23)(H,22,24). The highest BCUT2D eigenvalue weighted by molar-refractivity contribution is 8.76. The maximum atomic E-state index is 12.1. The van der Waals surface area contributed by atoms with Crippen LogP contribution in [0.25, 0.3) is 0 Å². The van der Waals surface area contributed by atoms with Gasteiger partial charge >= 0.3 is 11.9 Å². The minimum absolute atomic E-state index is 0.0908. The van der Waals surface area contributed by atoms with Crippen molar-refractivity contribution in [3.63, 3.8) is 0 Å². The number of rotatable bonds is 13. The Morgan fingerprint density at radius 2 is 1.03 bits per heavy atom. The average Bonchev–Trinajstić information content (AvgIpc) is 2.71. The van der Waals surface area contributed by atoms with Crippen molar-refractivity contribution in [2.24, 2.45) is 23.3 Å². The third-order valence-electron chi connectivity index (χ3n) is 4.20. The van der Waals surface area contributed by atoms with E-state index in [0.29, 0.717) is 0 Å². The largest absolute Gasteiger partial charge is 0.467 e. The molecular formula is C18H34N4O6S2. The summed E-state index contributed by atoms with van der Waals surface area (Å²) in [4.78, 5) is 48.2. The van der Waals surface area contributed by atoms with Gasteiger partial charge < -0.3 is 31.6 Å². The summed E-state index contributed by atoms with van der Waals surface area (Å²) in [6.07, 6.45) is 0. The SMILES string of the molecule is COC(=O)C(CSSCC(NC(=O)C(N)C(C)C)C(=O)OC)NC(=O)C(N)C(C)C. The van der Waals surface area contributed by atoms with Gasteiger partial charge in [-0.15, -0.1) is 0 Å². The molecule has 0 aromatic heterocycles. The quantitative estimate of drug-likeness (QED) is 0.160. The number of methoxy groups -OCH3 is 2. The van der Waals surface area contributed by atoms with Crippen LogP contribution in [0.4, 0.5) is 0 Å². The number of hydrogen-bond acceptors (Lipinski definition) is 10. The normalized spacial score (nSPS) is 15.1. The van der Waals surface area contributed by atoms with Crippen LogP contribution in [0.3, 0.4) is 0 Å². The maximum Gasteiger partial charge on any atom is 0.329 e. The number of hydrogen-bond donors (Lipinski definition) is 4. The predicted molar refractivity (Wildman–Crippen MR) is 118 cm³/mol. The first kappa shape index (κ1) is 28.5. The molecular weight excluding hydrogens is 432 g/mol. The van der Waals surface area contributed by atoms with Gasteiger partial charge in [0.05, 0.1) is 26.3 Å². The topological polar surface area (TPSA) is 163 Å². The lowest BCUT2D eigenvalue weighted by Crippen LogP contribution is -2.51. The number of nitrogens with one attached hydrogen (secondary N) is 2. The lowest BCUT2D eigenvalue weighted by atomic mass is 10.0. The van der Waals surface area contributed by atoms with Gasteiger partial charge in [0, 0.05) is 11.5 Å². The molecule has 0 aromatic carbocycles. The van der Waals surface area contributed by atoms with E-state index in [9.17, 15) is 19.2 Å². The van der Waals surface area contributed by atoms with Crippen molar-refractivity contribution in [2.75, 3.05) is 25.7 Å². The Balaban J connectivity index is 4.81. The van der Waals surface area contributed by atoms with Gasteiger partial charge in [-0.05, 0) is 11.8 Å². The lowest BCUT2D eigenvalue weighted by molar-refractivity contribution is -0.145. The molecule has 4 unspecified atom stereocenters. The van der Waals surface area contributed by atoms with Gasteiger partial charge in [-0.25, -0.2) is 9.59 Å². The summed E-state index contributed by atoms with van der Waals surface area (Å²) in [5.41, 5.74) is 11.6. The summed E-state index contributed by atoms with van der Waals surface area (Å²) in [6.45, 7) is 7.20. The second kappa shape index (κ2) is 14.5. The lowest BCUT2D eigenvalue weighted by Gasteiger charge is -2.22. The van der Waals surface area contributed by atoms with E-state index in [-0.39, 0.29) is 23.3 Å². The third kappa shape index (κ3) is 10.0. The molecule has 0 radical (unpaired) electrons. The summed E-state index contributed by atoms with van der Waals surface area (Å²) >= 11 is 0. The first-order chi connectivity index (χ1) is 14.0. The predicted octanol–water partition coefficient (Wildman–Crippen LogP) is -0.350. The molecule has 4 atom stereocenters. The van der Waals surface area contributed by atoms with E-state index in [2.05, 4.69) is 10.6 Å². The van der Waals surface area contributed by atoms with Crippen LogP contribution in [0.5, 0.6) is 0 Å². The Morgan fingerprint density at radius 3 is 1.27 bits per heavy atom. The van der Waals surface area contributed by atoms with Crippen LogP contribution in [-0.2, 0) is 28.7 Å². The first-order valence-corrected chi connectivity index (χ1v) is 12.0. The highest BCUT2D eigenvalue weighted by Gasteiger charge is 2.28. The van der Waals surface area contributed by atoms with Gasteiger partial charge in [0.25, 0.3) is 0 Å². The second-order valence-corrected chi connectivity index (χ2v) is 9.83. The smallest absolute Gasteiger partial charge is 0.329 e. The molecule has 10 nitrogen and oxygen atoms in total. The fourth-order valence-electron chi connectivity index (χ4n) is 2.00. The molecule has 0 aromatic rings. The summed E-state index contributed by atoms with van der Waals surface area (Å²) < 4.78 is 9.45. The van der Waals surface area contributed by atoms with Crippen LogP contribution in [0, 0.1) is 11.8 Å². The molecule has 0 aliphatic heterocycles. The Hall–Kier alpha value is -1.50. The van der Waals surface area contributed by atoms with Crippen LogP contribution in [0.2, 0.25) is 0 Å². The molecule has 0 saturated heterocycles. The average molecular weight is 467 g/mol. The maximum absolute atomic E-state index is 12.1. The van der Waals surface area contributed by atoms with Crippen molar-refractivity contribution in [3.8, 4) is 0 Å². The number of carbonyl (C=O) groups excluding carboxylic acids is 4. The third-order valence-corrected chi connectivity index (χ3v) is 6.62. The van der Waals surface area contributed by atoms with E-state index < -0.39 is 47.9 Å². The van der Waals surface area contributed by atoms with E-state index in [1.165, 1.54) is 35.8 Å². The van der Waals surface area contributed by atoms with E-state index in [0.717, 1.165) is 0 Å². The van der Waals surface area contributed by atoms with Crippen LogP contribution >= 0.6 is 21.6 Å². The summed E-state index contributed by atoms with van der Waals surface area (Å²) in [7, 11) is 4.92. The van der Waals surface area contributed by atoms with Crippen molar-refractivity contribution < 1.29 is 28.7 Å². The molecule has 2 amide bonds. The van der Waals surface area contributed by atoms with Crippen molar-refractivity contribution in [3.05, 3.63) is 0 Å². The monoisotopic (exact) mass is 466 g/mol. The summed E-state index contributed by atoms with van der Waals surface area (Å²) in [5, 5.41) is 5.16. The number of ether oxygens (including phenoxy) is 2. The zero-order valence-electron chi connectivity index (χ0n) is 18.3. The number of amides is 2. The highest BCUT2D eigenvalue weighted by atomic mass is 33.1. The van der Waals surface area contributed by atoms with E-state index in [4.69, 9.17) is 20.9 Å². The molecule has 0 bridgehead atoms. The molecule has 0 heterocycles. The molecule has 0 rings (SSSR count). The number of nitrogens with two attached hydrogens (primary N) is 2. The molecule has 6 N–H and O–H groups in total. The Labute approximate surface area is 185 Å². The van der Waals surface area contributed by atoms with Crippen LogP contribution < -0.4 is 22.1 Å². The fraction of sp³-hybridized carbons (Fsp3) is 0.778. The Bertz CT molecular complexity index is 541. The van der Waals surface area contributed by atoms with Gasteiger partial charge in [-0.1, -0.05) is 49.3 Å². The molecule has 12 heteroatoms. The minimum atomic E-state index is -0.898. The van der Waals surface area contributed by atoms with Gasteiger partial charge in [0.2, 0.25) is 11.8 Å². The first-order valence-electron chi connectivity index (χ1n) is 9.48. The second-order valence-electron chi connectivity index (χ2n) is 7.28. The minimum Gasteiger partial charge on any atom is -0.467 e. The molecule has 0 saturated carbocycles. The zero-order valence-corrected chi connectivity index (χ0v) is 19.9. The molecule has 0 aliphatic rings. The Kier molecular flexibility index (Phi) is 13.8. The van der Waals surface area contributed by atoms with E-state index >= 15 is 0 Å². The molecule has 174 valence electrons. The summed E-state index contributed by atoms with van der Waals surface area (Å²) in [5.74, 6) is -1.93. The zero-order chi connectivity index (χ0) is 23.4. The van der Waals surface area contributed by atoms with E-state index in [1.807, 2.05) is 0 Å². The van der Waals surface area contributed by atoms with E-state index in [1.54, 1.807) is 27.7 Å². The number of esters is 2. The Morgan fingerprint density at radius 1 is 0.733 bits per heavy atom. The van der Waals surface area contributed by atoms with Crippen molar-refractivity contribution in [1.29, 1.82) is 0 Å². The molecule has 0 aliphatic carbocycles. The van der Waals surface area contributed by atoms with Gasteiger partial charge in [0.15, 0.2) is 0 Å². The fourth-order valence-corrected chi connectivity index (χ4v) is 4.29. The number of carbonyl (C=O) groups is 4. The summed E-state index contributed by atoms with van der Waals surface area (Å²) in [6, 6.07) is -3.30. The van der Waals surface area contributed by atoms with Crippen molar-refractivity contribution in [2.45, 2.75) is 51.9 Å². The van der Waals surface area contributed by atoms with Crippen LogP contribution in [-0.4, -0.2) is 73.6 Å². The van der Waals surface area contributed by atoms with Gasteiger partial charge in [-0.3, -0.25) is 9.59 Å². The molecule has 0 fully saturated rings. The van der Waals surface area contributed by atoms with Crippen LogP contribution in [0.15, 0.2) is 0 Å². The van der Waals surface area contributed by atoms with Gasteiger partial charge in [0.1, 0.15) is 12.1 Å². The van der Waals surface area contributed by atoms with Crippen molar-refractivity contribution >= 4 is 45.3 Å². The molecule has 30 heavy (non-hydrogen) atoms. The highest BCUT2D eigenvalue weighted by Crippen LogP contribution is 2.24. The van der Waals surface area contributed by atoms with Gasteiger partial charge in [-0.2, -0.15) is 0 Å². The van der Waals surface area contributed by atoms with Crippen LogP contribution in [0.1, 0.15) is 27.7 Å².